The molecule has 1 aliphatic carbocycles. The Kier molecular flexibility index (Phi) is 7.14. The maximum atomic E-state index is 13.3. The first-order chi connectivity index (χ1) is 15.3. The van der Waals surface area contributed by atoms with Crippen LogP contribution in [-0.2, 0) is 11.5 Å². The fourth-order valence-corrected chi connectivity index (χ4v) is 5.49. The molecule has 0 spiro atoms. The average molecular weight is 472 g/mol. The van der Waals surface area contributed by atoms with E-state index in [4.69, 9.17) is 4.74 Å². The number of aliphatic hydroxyl groups excluding tert-OH is 1. The third-order valence-electron chi connectivity index (χ3n) is 6.11. The minimum Gasteiger partial charge on any atom is -0.393 e. The maximum Gasteiger partial charge on any atom is 0.252 e. The lowest BCUT2D eigenvalue weighted by Crippen LogP contribution is -2.38. The van der Waals surface area contributed by atoms with Crippen LogP contribution in [0.2, 0.25) is 25.7 Å². The maximum absolute atomic E-state index is 13.3. The third kappa shape index (κ3) is 5.67. The number of rotatable bonds is 8. The molecule has 2 heterocycles. The van der Waals surface area contributed by atoms with E-state index in [0.717, 1.165) is 59.7 Å². The van der Waals surface area contributed by atoms with Crippen molar-refractivity contribution in [1.29, 1.82) is 0 Å². The van der Waals surface area contributed by atoms with Crippen LogP contribution in [0.3, 0.4) is 0 Å². The molecule has 1 saturated carbocycles. The molecule has 8 heteroatoms. The van der Waals surface area contributed by atoms with Crippen molar-refractivity contribution in [3.05, 3.63) is 41.7 Å². The molecular weight excluding hydrogens is 438 g/mol. The number of thiazole rings is 1. The van der Waals surface area contributed by atoms with Crippen LogP contribution in [0.4, 0.5) is 0 Å². The van der Waals surface area contributed by atoms with Crippen molar-refractivity contribution >= 4 is 36.2 Å². The lowest BCUT2D eigenvalue weighted by Gasteiger charge is -2.26. The van der Waals surface area contributed by atoms with E-state index in [-0.39, 0.29) is 18.1 Å². The highest BCUT2D eigenvalue weighted by Gasteiger charge is 2.23. The molecule has 0 saturated heterocycles. The molecule has 6 nitrogen and oxygen atoms in total. The highest BCUT2D eigenvalue weighted by molar-refractivity contribution is 7.13. The molecule has 3 aromatic rings. The number of hydrogen-bond acceptors (Lipinski definition) is 5. The standard InChI is InChI=1S/C24H33N3O3SSi/c1-32(2,3)11-10-30-16-27-9-8-20-21(24(29)26-18-4-6-19(28)7-5-18)12-17(13-22(20)27)23-14-25-15-31-23/h8-9,12-15,18-19,28H,4-7,10-11,16H2,1-3H3,(H,26,29). The minimum atomic E-state index is -1.14. The SMILES string of the molecule is C[Si](C)(C)CCOCn1ccc2c(C(=O)NC3CCC(O)CC3)cc(-c3cncs3)cc21. The summed E-state index contributed by atoms with van der Waals surface area (Å²) in [5, 5.41) is 13.9. The van der Waals surface area contributed by atoms with Gasteiger partial charge in [0.05, 0.1) is 22.0 Å². The molecule has 1 aromatic carbocycles. The number of benzene rings is 1. The largest absolute Gasteiger partial charge is 0.393 e. The van der Waals surface area contributed by atoms with Crippen LogP contribution in [0.15, 0.2) is 36.1 Å². The Morgan fingerprint density at radius 1 is 1.28 bits per heavy atom. The molecule has 0 aliphatic heterocycles. The van der Waals surface area contributed by atoms with Crippen LogP contribution in [0.25, 0.3) is 21.3 Å². The van der Waals surface area contributed by atoms with E-state index in [9.17, 15) is 9.90 Å². The number of ether oxygens (including phenoxy) is 1. The molecule has 32 heavy (non-hydrogen) atoms. The van der Waals surface area contributed by atoms with Gasteiger partial charge >= 0.3 is 0 Å². The number of fused-ring (bicyclic) bond motifs is 1. The second kappa shape index (κ2) is 9.87. The highest BCUT2D eigenvalue weighted by atomic mass is 32.1. The van der Waals surface area contributed by atoms with Crippen molar-refractivity contribution in [2.75, 3.05) is 6.61 Å². The van der Waals surface area contributed by atoms with Crippen LogP contribution >= 0.6 is 11.3 Å². The van der Waals surface area contributed by atoms with E-state index in [1.165, 1.54) is 0 Å². The minimum absolute atomic E-state index is 0.0554. The summed E-state index contributed by atoms with van der Waals surface area (Å²) in [5.74, 6) is -0.0554. The zero-order valence-electron chi connectivity index (χ0n) is 19.1. The van der Waals surface area contributed by atoms with Gasteiger partial charge in [-0.2, -0.15) is 0 Å². The summed E-state index contributed by atoms with van der Waals surface area (Å²) in [6.45, 7) is 8.27. The summed E-state index contributed by atoms with van der Waals surface area (Å²) in [6, 6.07) is 7.34. The Balaban J connectivity index is 1.59. The van der Waals surface area contributed by atoms with Gasteiger partial charge < -0.3 is 19.7 Å². The van der Waals surface area contributed by atoms with E-state index < -0.39 is 8.07 Å². The lowest BCUT2D eigenvalue weighted by molar-refractivity contribution is 0.0868. The number of nitrogens with one attached hydrogen (secondary N) is 1. The summed E-state index contributed by atoms with van der Waals surface area (Å²) < 4.78 is 8.07. The molecule has 2 aromatic heterocycles. The normalized spacial score (nSPS) is 19.4. The fourth-order valence-electron chi connectivity index (χ4n) is 4.12. The summed E-state index contributed by atoms with van der Waals surface area (Å²) in [6.07, 6.45) is 6.72. The molecule has 1 amide bonds. The molecular formula is C24H33N3O3SSi. The van der Waals surface area contributed by atoms with Crippen LogP contribution in [0.5, 0.6) is 0 Å². The fraction of sp³-hybridized carbons (Fsp3) is 0.500. The predicted octanol–water partition coefficient (Wildman–Crippen LogP) is 5.11. The number of hydrogen-bond donors (Lipinski definition) is 2. The van der Waals surface area contributed by atoms with E-state index in [1.54, 1.807) is 11.3 Å². The van der Waals surface area contributed by atoms with Gasteiger partial charge in [-0.25, -0.2) is 0 Å². The molecule has 4 rings (SSSR count). The van der Waals surface area contributed by atoms with Crippen molar-refractivity contribution < 1.29 is 14.6 Å². The monoisotopic (exact) mass is 471 g/mol. The Labute approximate surface area is 194 Å². The molecule has 0 unspecified atom stereocenters. The Morgan fingerprint density at radius 3 is 2.75 bits per heavy atom. The first kappa shape index (κ1) is 23.2. The smallest absolute Gasteiger partial charge is 0.252 e. The molecule has 1 aliphatic rings. The van der Waals surface area contributed by atoms with Crippen molar-refractivity contribution in [2.45, 2.75) is 70.2 Å². The zero-order chi connectivity index (χ0) is 22.7. The van der Waals surface area contributed by atoms with Gasteiger partial charge in [0.1, 0.15) is 6.73 Å². The van der Waals surface area contributed by atoms with Gasteiger partial charge in [0, 0.05) is 44.1 Å². The quantitative estimate of drug-likeness (QED) is 0.354. The van der Waals surface area contributed by atoms with Gasteiger partial charge in [-0.15, -0.1) is 11.3 Å². The lowest BCUT2D eigenvalue weighted by atomic mass is 9.92. The number of amides is 1. The number of aromatic nitrogens is 2. The van der Waals surface area contributed by atoms with E-state index >= 15 is 0 Å². The van der Waals surface area contributed by atoms with E-state index in [0.29, 0.717) is 12.3 Å². The predicted molar refractivity (Wildman–Crippen MR) is 133 cm³/mol. The topological polar surface area (TPSA) is 76.4 Å². The van der Waals surface area contributed by atoms with E-state index in [1.807, 2.05) is 30.0 Å². The van der Waals surface area contributed by atoms with Crippen LogP contribution in [-0.4, -0.2) is 47.4 Å². The van der Waals surface area contributed by atoms with Gasteiger partial charge in [0.2, 0.25) is 0 Å². The van der Waals surface area contributed by atoms with Crippen molar-refractivity contribution in [1.82, 2.24) is 14.9 Å². The van der Waals surface area contributed by atoms with Crippen LogP contribution in [0.1, 0.15) is 36.0 Å². The number of nitrogens with zero attached hydrogens (tertiary/aromatic N) is 2. The Hall–Kier alpha value is -2.00. The second-order valence-electron chi connectivity index (χ2n) is 9.93. The van der Waals surface area contributed by atoms with Gasteiger partial charge in [0.25, 0.3) is 5.91 Å². The summed E-state index contributed by atoms with van der Waals surface area (Å²) in [4.78, 5) is 18.5. The Bertz CT molecular complexity index is 1050. The average Bonchev–Trinajstić information content (AvgIpc) is 3.42. The molecule has 2 N–H and O–H groups in total. The number of carbonyl (C=O) groups excluding carboxylic acids is 1. The van der Waals surface area contributed by atoms with E-state index in [2.05, 4.69) is 40.6 Å². The van der Waals surface area contributed by atoms with Crippen LogP contribution < -0.4 is 5.32 Å². The summed E-state index contributed by atoms with van der Waals surface area (Å²) >= 11 is 1.57. The molecule has 0 atom stereocenters. The first-order valence-electron chi connectivity index (χ1n) is 11.4. The molecule has 0 radical (unpaired) electrons. The number of aliphatic hydroxyl groups is 1. The van der Waals surface area contributed by atoms with Crippen molar-refractivity contribution in [3.8, 4) is 10.4 Å². The molecule has 0 bridgehead atoms. The Morgan fingerprint density at radius 2 is 2.06 bits per heavy atom. The van der Waals surface area contributed by atoms with Gasteiger partial charge in [0.15, 0.2) is 0 Å². The summed E-state index contributed by atoms with van der Waals surface area (Å²) in [5.41, 5.74) is 4.47. The third-order valence-corrected chi connectivity index (χ3v) is 8.64. The second-order valence-corrected chi connectivity index (χ2v) is 16.4. The van der Waals surface area contributed by atoms with Crippen molar-refractivity contribution in [3.63, 3.8) is 0 Å². The first-order valence-corrected chi connectivity index (χ1v) is 16.0. The highest BCUT2D eigenvalue weighted by Crippen LogP contribution is 2.31. The van der Waals surface area contributed by atoms with Crippen LogP contribution in [0, 0.1) is 0 Å². The molecule has 1 fully saturated rings. The summed E-state index contributed by atoms with van der Waals surface area (Å²) in [7, 11) is -1.14. The van der Waals surface area contributed by atoms with Gasteiger partial charge in [-0.1, -0.05) is 19.6 Å². The molecule has 172 valence electrons. The van der Waals surface area contributed by atoms with Gasteiger partial charge in [-0.05, 0) is 55.5 Å². The zero-order valence-corrected chi connectivity index (χ0v) is 21.0. The number of carbonyl (C=O) groups is 1. The van der Waals surface area contributed by atoms with Crippen molar-refractivity contribution in [2.24, 2.45) is 0 Å². The van der Waals surface area contributed by atoms with Gasteiger partial charge in [-0.3, -0.25) is 9.78 Å².